The summed E-state index contributed by atoms with van der Waals surface area (Å²) < 4.78 is 4.91. The number of pyridine rings is 1. The molecule has 1 atom stereocenters. The largest absolute Gasteiger partial charge is 0.440 e. The van der Waals surface area contributed by atoms with Gasteiger partial charge >= 0.3 is 6.09 Å². The zero-order chi connectivity index (χ0) is 12.0. The molecule has 1 heterocycles. The van der Waals surface area contributed by atoms with Crippen molar-refractivity contribution in [3.05, 3.63) is 36.7 Å². The number of anilines is 1. The number of ether oxygens (including phenoxy) is 1. The highest BCUT2D eigenvalue weighted by molar-refractivity contribution is 5.65. The third-order valence-electron chi connectivity index (χ3n) is 1.92. The Bertz CT molecular complexity index is 381. The van der Waals surface area contributed by atoms with E-state index in [9.17, 15) is 4.79 Å². The molecule has 0 saturated heterocycles. The smallest absolute Gasteiger partial charge is 0.405 e. The molecule has 0 aromatic carbocycles. The Kier molecular flexibility index (Phi) is 4.28. The van der Waals surface area contributed by atoms with Crippen LogP contribution in [0.3, 0.4) is 0 Å². The molecule has 0 bridgehead atoms. The van der Waals surface area contributed by atoms with Crippen molar-refractivity contribution in [3.8, 4) is 0 Å². The van der Waals surface area contributed by atoms with Gasteiger partial charge < -0.3 is 15.9 Å². The van der Waals surface area contributed by atoms with Crippen LogP contribution >= 0.6 is 0 Å². The van der Waals surface area contributed by atoms with Crippen LogP contribution in [0.1, 0.15) is 18.2 Å². The summed E-state index contributed by atoms with van der Waals surface area (Å²) in [6.07, 6.45) is 2.23. The molecule has 86 valence electrons. The van der Waals surface area contributed by atoms with Gasteiger partial charge in [-0.3, -0.25) is 10.8 Å². The lowest BCUT2D eigenvalue weighted by Crippen LogP contribution is -2.18. The highest BCUT2D eigenvalue weighted by Gasteiger charge is 2.15. The minimum absolute atomic E-state index is 0.434. The molecule has 1 amide bonds. The monoisotopic (exact) mass is 222 g/mol. The predicted molar refractivity (Wildman–Crippen MR) is 60.3 cm³/mol. The molecular formula is C10H14N4O2. The van der Waals surface area contributed by atoms with E-state index >= 15 is 0 Å². The number of carbonyl (C=O) groups is 1. The average Bonchev–Trinajstić information content (AvgIpc) is 2.28. The van der Waals surface area contributed by atoms with Crippen LogP contribution in [-0.2, 0) is 4.74 Å². The molecule has 6 heteroatoms. The van der Waals surface area contributed by atoms with Gasteiger partial charge in [0.15, 0.2) is 0 Å². The fourth-order valence-corrected chi connectivity index (χ4v) is 1.24. The number of primary amides is 1. The van der Waals surface area contributed by atoms with Crippen molar-refractivity contribution in [2.45, 2.75) is 12.5 Å². The number of hydrazine groups is 1. The normalized spacial score (nSPS) is 11.6. The van der Waals surface area contributed by atoms with E-state index in [-0.39, 0.29) is 0 Å². The number of nitrogens with one attached hydrogen (secondary N) is 1. The Morgan fingerprint density at radius 2 is 2.50 bits per heavy atom. The molecule has 1 unspecified atom stereocenters. The number of carbonyl (C=O) groups excluding carboxylic acids is 1. The molecule has 5 N–H and O–H groups in total. The van der Waals surface area contributed by atoms with Gasteiger partial charge in [-0.2, -0.15) is 0 Å². The zero-order valence-electron chi connectivity index (χ0n) is 8.72. The first-order valence-electron chi connectivity index (χ1n) is 4.67. The lowest BCUT2D eigenvalue weighted by Gasteiger charge is -2.14. The van der Waals surface area contributed by atoms with E-state index in [0.29, 0.717) is 17.8 Å². The Morgan fingerprint density at radius 3 is 3.06 bits per heavy atom. The van der Waals surface area contributed by atoms with Gasteiger partial charge in [-0.15, -0.1) is 6.58 Å². The number of nitrogens with zero attached hydrogens (tertiary/aromatic N) is 1. The molecule has 1 aromatic rings. The van der Waals surface area contributed by atoms with E-state index in [1.54, 1.807) is 24.4 Å². The molecule has 0 spiro atoms. The molecule has 0 aliphatic heterocycles. The van der Waals surface area contributed by atoms with E-state index in [4.69, 9.17) is 16.3 Å². The van der Waals surface area contributed by atoms with Crippen molar-refractivity contribution in [3.63, 3.8) is 0 Å². The van der Waals surface area contributed by atoms with Gasteiger partial charge in [-0.25, -0.2) is 4.79 Å². The molecule has 16 heavy (non-hydrogen) atoms. The maximum absolute atomic E-state index is 10.7. The first-order chi connectivity index (χ1) is 7.67. The lowest BCUT2D eigenvalue weighted by atomic mass is 10.1. The summed E-state index contributed by atoms with van der Waals surface area (Å²) in [4.78, 5) is 14.8. The second-order valence-corrected chi connectivity index (χ2v) is 3.06. The van der Waals surface area contributed by atoms with Crippen LogP contribution in [0, 0.1) is 0 Å². The molecular weight excluding hydrogens is 208 g/mol. The van der Waals surface area contributed by atoms with E-state index in [1.165, 1.54) is 0 Å². The third kappa shape index (κ3) is 3.25. The summed E-state index contributed by atoms with van der Waals surface area (Å²) in [6, 6.07) is 3.37. The maximum atomic E-state index is 10.7. The van der Waals surface area contributed by atoms with E-state index in [1.807, 2.05) is 0 Å². The number of amides is 1. The van der Waals surface area contributed by atoms with Crippen molar-refractivity contribution >= 4 is 11.8 Å². The molecule has 1 rings (SSSR count). The van der Waals surface area contributed by atoms with Gasteiger partial charge in [0.05, 0.1) is 11.4 Å². The fourth-order valence-electron chi connectivity index (χ4n) is 1.24. The van der Waals surface area contributed by atoms with Crippen LogP contribution < -0.4 is 17.0 Å². The van der Waals surface area contributed by atoms with Crippen molar-refractivity contribution in [1.82, 2.24) is 4.98 Å². The highest BCUT2D eigenvalue weighted by atomic mass is 16.6. The van der Waals surface area contributed by atoms with Crippen molar-refractivity contribution in [1.29, 1.82) is 0 Å². The summed E-state index contributed by atoms with van der Waals surface area (Å²) in [7, 11) is 0. The summed E-state index contributed by atoms with van der Waals surface area (Å²) in [5.41, 5.74) is 8.69. The average molecular weight is 222 g/mol. The Hall–Kier alpha value is -2.08. The van der Waals surface area contributed by atoms with Gasteiger partial charge in [0.2, 0.25) is 0 Å². The van der Waals surface area contributed by atoms with Crippen molar-refractivity contribution in [2.75, 3.05) is 5.43 Å². The third-order valence-corrected chi connectivity index (χ3v) is 1.92. The van der Waals surface area contributed by atoms with E-state index in [2.05, 4.69) is 17.0 Å². The lowest BCUT2D eigenvalue weighted by molar-refractivity contribution is 0.106. The van der Waals surface area contributed by atoms with Crippen molar-refractivity contribution in [2.24, 2.45) is 11.6 Å². The first-order valence-corrected chi connectivity index (χ1v) is 4.67. The fraction of sp³-hybridized carbons (Fsp3) is 0.200. The van der Waals surface area contributed by atoms with Crippen LogP contribution in [0.5, 0.6) is 0 Å². The van der Waals surface area contributed by atoms with Crippen molar-refractivity contribution < 1.29 is 9.53 Å². The minimum Gasteiger partial charge on any atom is -0.440 e. The van der Waals surface area contributed by atoms with Crippen LogP contribution in [-0.4, -0.2) is 11.1 Å². The number of hydrogen-bond donors (Lipinski definition) is 3. The molecule has 0 radical (unpaired) electrons. The van der Waals surface area contributed by atoms with Crippen LogP contribution in [0.2, 0.25) is 0 Å². The number of rotatable bonds is 5. The standard InChI is InChI=1S/C10H14N4O2/c1-2-3-9(16-10(11)15)8-6-7(14-12)4-5-13-8/h2,4-6,9H,1,3,12H2,(H2,11,15)(H,13,14). The van der Waals surface area contributed by atoms with E-state index in [0.717, 1.165) is 0 Å². The molecule has 0 aliphatic carbocycles. The van der Waals surface area contributed by atoms with Crippen LogP contribution in [0.25, 0.3) is 0 Å². The molecule has 0 fully saturated rings. The van der Waals surface area contributed by atoms with Crippen LogP contribution in [0.4, 0.5) is 10.5 Å². The van der Waals surface area contributed by atoms with Gasteiger partial charge in [0.25, 0.3) is 0 Å². The molecule has 1 aromatic heterocycles. The topological polar surface area (TPSA) is 103 Å². The SMILES string of the molecule is C=CCC(OC(N)=O)c1cc(NN)ccn1. The Morgan fingerprint density at radius 1 is 1.75 bits per heavy atom. The van der Waals surface area contributed by atoms with Gasteiger partial charge in [-0.1, -0.05) is 6.08 Å². The summed E-state index contributed by atoms with van der Waals surface area (Å²) in [5.74, 6) is 5.26. The first kappa shape index (κ1) is 12.0. The Balaban J connectivity index is 2.90. The predicted octanol–water partition coefficient (Wildman–Crippen LogP) is 1.08. The number of nitrogens with two attached hydrogens (primary N) is 2. The minimum atomic E-state index is -0.847. The van der Waals surface area contributed by atoms with E-state index < -0.39 is 12.2 Å². The Labute approximate surface area is 93.3 Å². The number of aromatic nitrogens is 1. The van der Waals surface area contributed by atoms with Crippen LogP contribution in [0.15, 0.2) is 31.0 Å². The maximum Gasteiger partial charge on any atom is 0.405 e. The molecule has 0 aliphatic rings. The molecule has 0 saturated carbocycles. The zero-order valence-corrected chi connectivity index (χ0v) is 8.72. The number of nitrogen functional groups attached to an aromatic ring is 1. The second kappa shape index (κ2) is 5.72. The van der Waals surface area contributed by atoms with Gasteiger partial charge in [0, 0.05) is 12.6 Å². The second-order valence-electron chi connectivity index (χ2n) is 3.06. The summed E-state index contributed by atoms with van der Waals surface area (Å²) in [6.45, 7) is 3.58. The summed E-state index contributed by atoms with van der Waals surface area (Å²) >= 11 is 0. The summed E-state index contributed by atoms with van der Waals surface area (Å²) in [5, 5.41) is 0. The molecule has 6 nitrogen and oxygen atoms in total. The quantitative estimate of drug-likeness (QED) is 0.393. The van der Waals surface area contributed by atoms with Gasteiger partial charge in [-0.05, 0) is 12.1 Å². The highest BCUT2D eigenvalue weighted by Crippen LogP contribution is 2.21. The van der Waals surface area contributed by atoms with Gasteiger partial charge in [0.1, 0.15) is 6.10 Å². The number of hydrogen-bond acceptors (Lipinski definition) is 5.